The average molecular weight is 404 g/mol. The van der Waals surface area contributed by atoms with E-state index < -0.39 is 12.1 Å². The third kappa shape index (κ3) is 3.94. The summed E-state index contributed by atoms with van der Waals surface area (Å²) in [6.45, 7) is 0.917. The Labute approximate surface area is 168 Å². The normalized spacial score (nSPS) is 14.8. The van der Waals surface area contributed by atoms with Crippen molar-refractivity contribution in [1.29, 1.82) is 0 Å². The zero-order valence-corrected chi connectivity index (χ0v) is 16.4. The minimum Gasteiger partial charge on any atom is -0.461 e. The highest BCUT2D eigenvalue weighted by molar-refractivity contribution is 5.94. The van der Waals surface area contributed by atoms with Crippen molar-refractivity contribution in [3.63, 3.8) is 0 Å². The van der Waals surface area contributed by atoms with Gasteiger partial charge in [-0.15, -0.1) is 0 Å². The van der Waals surface area contributed by atoms with Gasteiger partial charge in [0.2, 0.25) is 0 Å². The van der Waals surface area contributed by atoms with Gasteiger partial charge in [0.15, 0.2) is 0 Å². The lowest BCUT2D eigenvalue weighted by Crippen LogP contribution is -2.12. The zero-order chi connectivity index (χ0) is 21.1. The fourth-order valence-electron chi connectivity index (χ4n) is 3.84. The number of hydrogen-bond acceptors (Lipinski definition) is 7. The van der Waals surface area contributed by atoms with Crippen LogP contribution in [0.4, 0.5) is 0 Å². The molecule has 1 heterocycles. The summed E-state index contributed by atoms with van der Waals surface area (Å²) in [5.74, 6) is -0.544. The number of hydrogen-bond donors (Lipinski definition) is 6. The van der Waals surface area contributed by atoms with Crippen molar-refractivity contribution in [3.05, 3.63) is 45.8 Å². The molecule has 1 unspecified atom stereocenters. The van der Waals surface area contributed by atoms with Crippen LogP contribution in [-0.2, 0) is 31.1 Å². The SMILES string of the molecule is CCOC(=O)c1[nH]c(CN)c(-c2ccc(CO)c(CO)c2CO)c1C(O)C1CC1. The summed E-state index contributed by atoms with van der Waals surface area (Å²) >= 11 is 0. The highest BCUT2D eigenvalue weighted by Crippen LogP contribution is 2.47. The van der Waals surface area contributed by atoms with Crippen LogP contribution in [0.2, 0.25) is 0 Å². The van der Waals surface area contributed by atoms with Crippen LogP contribution in [0, 0.1) is 5.92 Å². The molecule has 1 atom stereocenters. The van der Waals surface area contributed by atoms with Crippen LogP contribution in [0.5, 0.6) is 0 Å². The Kier molecular flexibility index (Phi) is 6.71. The third-order valence-electron chi connectivity index (χ3n) is 5.45. The van der Waals surface area contributed by atoms with E-state index in [-0.39, 0.29) is 44.6 Å². The van der Waals surface area contributed by atoms with E-state index in [2.05, 4.69) is 4.98 Å². The van der Waals surface area contributed by atoms with Crippen molar-refractivity contribution in [2.75, 3.05) is 6.61 Å². The van der Waals surface area contributed by atoms with Gasteiger partial charge in [-0.1, -0.05) is 12.1 Å². The summed E-state index contributed by atoms with van der Waals surface area (Å²) in [5, 5.41) is 40.4. The molecule has 2 aromatic rings. The Morgan fingerprint density at radius 1 is 1.21 bits per heavy atom. The molecule has 0 spiro atoms. The summed E-state index contributed by atoms with van der Waals surface area (Å²) in [5.41, 5.74) is 9.46. The lowest BCUT2D eigenvalue weighted by molar-refractivity contribution is 0.0511. The largest absolute Gasteiger partial charge is 0.461 e. The summed E-state index contributed by atoms with van der Waals surface area (Å²) in [6.07, 6.45) is 0.816. The van der Waals surface area contributed by atoms with Gasteiger partial charge in [0.05, 0.1) is 32.5 Å². The van der Waals surface area contributed by atoms with Crippen molar-refractivity contribution >= 4 is 5.97 Å². The van der Waals surface area contributed by atoms with Gasteiger partial charge >= 0.3 is 5.97 Å². The molecule has 0 bridgehead atoms. The van der Waals surface area contributed by atoms with Crippen LogP contribution >= 0.6 is 0 Å². The number of aliphatic hydroxyl groups excluding tert-OH is 4. The van der Waals surface area contributed by atoms with Crippen molar-refractivity contribution in [2.45, 2.75) is 52.2 Å². The lowest BCUT2D eigenvalue weighted by Gasteiger charge is -2.19. The molecule has 0 amide bonds. The van der Waals surface area contributed by atoms with Gasteiger partial charge in [0.25, 0.3) is 0 Å². The van der Waals surface area contributed by atoms with E-state index in [1.54, 1.807) is 19.1 Å². The van der Waals surface area contributed by atoms with Crippen molar-refractivity contribution < 1.29 is 30.0 Å². The summed E-state index contributed by atoms with van der Waals surface area (Å²) in [4.78, 5) is 15.6. The van der Waals surface area contributed by atoms with E-state index in [0.717, 1.165) is 12.8 Å². The van der Waals surface area contributed by atoms with Gasteiger partial charge in [-0.2, -0.15) is 0 Å². The highest BCUT2D eigenvalue weighted by Gasteiger charge is 2.38. The van der Waals surface area contributed by atoms with E-state index in [9.17, 15) is 25.2 Å². The van der Waals surface area contributed by atoms with E-state index in [0.29, 0.717) is 39.1 Å². The number of benzene rings is 1. The first-order valence-electron chi connectivity index (χ1n) is 9.78. The molecule has 0 radical (unpaired) electrons. The number of esters is 1. The van der Waals surface area contributed by atoms with E-state index >= 15 is 0 Å². The maximum Gasteiger partial charge on any atom is 0.355 e. The molecule has 7 N–H and O–H groups in total. The number of ether oxygens (including phenoxy) is 1. The average Bonchev–Trinajstić information content (AvgIpc) is 3.51. The van der Waals surface area contributed by atoms with Crippen molar-refractivity contribution in [3.8, 4) is 11.1 Å². The minimum atomic E-state index is -0.886. The Morgan fingerprint density at radius 2 is 1.90 bits per heavy atom. The van der Waals surface area contributed by atoms with Crippen LogP contribution < -0.4 is 5.73 Å². The zero-order valence-electron chi connectivity index (χ0n) is 16.4. The molecule has 1 aromatic carbocycles. The molecule has 8 nitrogen and oxygen atoms in total. The predicted octanol–water partition coefficient (Wildman–Crippen LogP) is 1.24. The van der Waals surface area contributed by atoms with Crippen molar-refractivity contribution in [1.82, 2.24) is 4.98 Å². The summed E-state index contributed by atoms with van der Waals surface area (Å²) in [6, 6.07) is 3.36. The smallest absolute Gasteiger partial charge is 0.355 e. The number of nitrogens with one attached hydrogen (secondary N) is 1. The number of carbonyl (C=O) groups excluding carboxylic acids is 1. The Morgan fingerprint density at radius 3 is 2.41 bits per heavy atom. The standard InChI is InChI=1S/C21H28N2O6/c1-2-29-21(28)19-18(20(27)11-3-4-11)17(16(7-22)23-19)13-6-5-12(8-24)14(9-25)15(13)10-26/h5-6,11,20,23-27H,2-4,7-10,22H2,1H3. The predicted molar refractivity (Wildman–Crippen MR) is 106 cm³/mol. The minimum absolute atomic E-state index is 0.0370. The third-order valence-corrected chi connectivity index (χ3v) is 5.45. The number of H-pyrrole nitrogens is 1. The first kappa shape index (κ1) is 21.5. The number of aromatic amines is 1. The van der Waals surface area contributed by atoms with Crippen LogP contribution in [0.3, 0.4) is 0 Å². The Balaban J connectivity index is 2.30. The Hall–Kier alpha value is -2.23. The second kappa shape index (κ2) is 9.06. The molecule has 29 heavy (non-hydrogen) atoms. The first-order valence-corrected chi connectivity index (χ1v) is 9.78. The molecule has 1 aromatic heterocycles. The van der Waals surface area contributed by atoms with E-state index in [1.807, 2.05) is 0 Å². The lowest BCUT2D eigenvalue weighted by atomic mass is 9.88. The quantitative estimate of drug-likeness (QED) is 0.344. The van der Waals surface area contributed by atoms with Crippen molar-refractivity contribution in [2.24, 2.45) is 11.7 Å². The number of carbonyl (C=O) groups is 1. The molecular weight excluding hydrogens is 376 g/mol. The van der Waals surface area contributed by atoms with Gasteiger partial charge in [-0.25, -0.2) is 4.79 Å². The van der Waals surface area contributed by atoms with Gasteiger partial charge in [0, 0.05) is 23.4 Å². The molecule has 3 rings (SSSR count). The van der Waals surface area contributed by atoms with Crippen LogP contribution in [0.15, 0.2) is 12.1 Å². The van der Waals surface area contributed by atoms with Gasteiger partial charge in [-0.3, -0.25) is 0 Å². The number of nitrogens with two attached hydrogens (primary N) is 1. The number of aliphatic hydroxyl groups is 4. The fourth-order valence-corrected chi connectivity index (χ4v) is 3.84. The molecule has 158 valence electrons. The Bertz CT molecular complexity index is 888. The van der Waals surface area contributed by atoms with E-state index in [1.165, 1.54) is 0 Å². The van der Waals surface area contributed by atoms with Gasteiger partial charge < -0.3 is 35.9 Å². The maximum absolute atomic E-state index is 12.6. The molecular formula is C21H28N2O6. The molecule has 0 aliphatic heterocycles. The molecule has 1 fully saturated rings. The number of rotatable bonds is 9. The monoisotopic (exact) mass is 404 g/mol. The topological polar surface area (TPSA) is 149 Å². The molecule has 1 aliphatic carbocycles. The molecule has 1 saturated carbocycles. The van der Waals surface area contributed by atoms with Crippen LogP contribution in [-0.4, -0.2) is 38.0 Å². The van der Waals surface area contributed by atoms with E-state index in [4.69, 9.17) is 10.5 Å². The molecule has 8 heteroatoms. The van der Waals surface area contributed by atoms with Crippen LogP contribution in [0.1, 0.15) is 64.3 Å². The molecule has 0 saturated heterocycles. The number of aromatic nitrogens is 1. The fraction of sp³-hybridized carbons (Fsp3) is 0.476. The second-order valence-electron chi connectivity index (χ2n) is 7.18. The molecule has 1 aliphatic rings. The van der Waals surface area contributed by atoms with Crippen LogP contribution in [0.25, 0.3) is 11.1 Å². The maximum atomic E-state index is 12.6. The van der Waals surface area contributed by atoms with Gasteiger partial charge in [-0.05, 0) is 47.9 Å². The highest BCUT2D eigenvalue weighted by atomic mass is 16.5. The first-order chi connectivity index (χ1) is 14.0. The second-order valence-corrected chi connectivity index (χ2v) is 7.18. The summed E-state index contributed by atoms with van der Waals surface area (Å²) < 4.78 is 5.16. The van der Waals surface area contributed by atoms with Gasteiger partial charge in [0.1, 0.15) is 5.69 Å². The summed E-state index contributed by atoms with van der Waals surface area (Å²) in [7, 11) is 0.